The Kier molecular flexibility index (Phi) is 4.50. The highest BCUT2D eigenvalue weighted by Gasteiger charge is 2.25. The van der Waals surface area contributed by atoms with Crippen molar-refractivity contribution in [2.75, 3.05) is 14.2 Å². The van der Waals surface area contributed by atoms with Gasteiger partial charge >= 0.3 is 0 Å². The number of hydrogen-bond donors (Lipinski definition) is 0. The average Bonchev–Trinajstić information content (AvgIpc) is 2.29. The second-order valence-electron chi connectivity index (χ2n) is 3.96. The van der Waals surface area contributed by atoms with Gasteiger partial charge in [0.2, 0.25) is 0 Å². The summed E-state index contributed by atoms with van der Waals surface area (Å²) in [6, 6.07) is 7.20. The third kappa shape index (κ3) is 2.61. The molecule has 0 bridgehead atoms. The Labute approximate surface area is 96.4 Å². The molecule has 0 N–H and O–H groups in total. The van der Waals surface area contributed by atoms with Gasteiger partial charge in [0.25, 0.3) is 0 Å². The summed E-state index contributed by atoms with van der Waals surface area (Å²) in [5, 5.41) is 0. The fraction of sp³-hybridized carbons (Fsp3) is 0.462. The van der Waals surface area contributed by atoms with E-state index in [0.29, 0.717) is 11.3 Å². The highest BCUT2D eigenvalue weighted by molar-refractivity contribution is 6.01. The number of rotatable bonds is 5. The minimum Gasteiger partial charge on any atom is -0.496 e. The molecule has 1 aromatic carbocycles. The van der Waals surface area contributed by atoms with Gasteiger partial charge in [-0.2, -0.15) is 0 Å². The predicted octanol–water partition coefficient (Wildman–Crippen LogP) is 2.55. The van der Waals surface area contributed by atoms with Crippen LogP contribution in [0, 0.1) is 5.92 Å². The molecule has 1 aromatic rings. The quantitative estimate of drug-likeness (QED) is 0.718. The van der Waals surface area contributed by atoms with Crippen LogP contribution in [-0.2, 0) is 4.74 Å². The van der Waals surface area contributed by atoms with Gasteiger partial charge in [0, 0.05) is 7.11 Å². The summed E-state index contributed by atoms with van der Waals surface area (Å²) in [6.07, 6.45) is -0.420. The lowest BCUT2D eigenvalue weighted by molar-refractivity contribution is 0.0456. The first-order valence-corrected chi connectivity index (χ1v) is 5.31. The van der Waals surface area contributed by atoms with E-state index in [1.807, 2.05) is 26.0 Å². The average molecular weight is 222 g/mol. The van der Waals surface area contributed by atoms with E-state index in [0.717, 1.165) is 0 Å². The van der Waals surface area contributed by atoms with E-state index in [4.69, 9.17) is 9.47 Å². The maximum Gasteiger partial charge on any atom is 0.195 e. The number of hydrogen-bond acceptors (Lipinski definition) is 3. The van der Waals surface area contributed by atoms with Gasteiger partial charge in [0.1, 0.15) is 11.9 Å². The van der Waals surface area contributed by atoms with E-state index in [-0.39, 0.29) is 11.7 Å². The molecule has 0 fully saturated rings. The molecule has 0 saturated carbocycles. The maximum absolute atomic E-state index is 12.2. The molecule has 3 nitrogen and oxygen atoms in total. The third-order valence-electron chi connectivity index (χ3n) is 2.49. The van der Waals surface area contributed by atoms with E-state index >= 15 is 0 Å². The zero-order valence-electron chi connectivity index (χ0n) is 10.2. The molecule has 0 saturated heterocycles. The first-order chi connectivity index (χ1) is 7.61. The number of carbonyl (C=O) groups is 1. The van der Waals surface area contributed by atoms with Crippen molar-refractivity contribution < 1.29 is 14.3 Å². The number of Topliss-reactive ketones (excluding diaryl/α,β-unsaturated/α-hetero) is 1. The normalized spacial score (nSPS) is 12.6. The van der Waals surface area contributed by atoms with Crippen molar-refractivity contribution in [2.45, 2.75) is 20.0 Å². The number of benzene rings is 1. The van der Waals surface area contributed by atoms with Gasteiger partial charge < -0.3 is 9.47 Å². The molecule has 0 aromatic heterocycles. The highest BCUT2D eigenvalue weighted by Crippen LogP contribution is 2.22. The second-order valence-corrected chi connectivity index (χ2v) is 3.96. The van der Waals surface area contributed by atoms with E-state index < -0.39 is 6.10 Å². The van der Waals surface area contributed by atoms with Crippen molar-refractivity contribution in [1.82, 2.24) is 0 Å². The Morgan fingerprint density at radius 1 is 1.19 bits per heavy atom. The van der Waals surface area contributed by atoms with Crippen LogP contribution in [0.25, 0.3) is 0 Å². The molecule has 88 valence electrons. The van der Waals surface area contributed by atoms with Crippen LogP contribution in [0.1, 0.15) is 24.2 Å². The van der Waals surface area contributed by atoms with Gasteiger partial charge in [-0.1, -0.05) is 26.0 Å². The van der Waals surface area contributed by atoms with Crippen molar-refractivity contribution >= 4 is 5.78 Å². The third-order valence-corrected chi connectivity index (χ3v) is 2.49. The molecular weight excluding hydrogens is 204 g/mol. The lowest BCUT2D eigenvalue weighted by Gasteiger charge is -2.18. The van der Waals surface area contributed by atoms with Crippen molar-refractivity contribution in [2.24, 2.45) is 5.92 Å². The van der Waals surface area contributed by atoms with E-state index in [1.54, 1.807) is 26.4 Å². The van der Waals surface area contributed by atoms with Crippen LogP contribution in [0.4, 0.5) is 0 Å². The number of carbonyl (C=O) groups excluding carboxylic acids is 1. The van der Waals surface area contributed by atoms with Gasteiger partial charge in [-0.15, -0.1) is 0 Å². The molecular formula is C13H18O3. The van der Waals surface area contributed by atoms with E-state index in [2.05, 4.69) is 0 Å². The van der Waals surface area contributed by atoms with Crippen LogP contribution in [0.2, 0.25) is 0 Å². The zero-order chi connectivity index (χ0) is 12.1. The van der Waals surface area contributed by atoms with Crippen LogP contribution in [0.3, 0.4) is 0 Å². The first-order valence-electron chi connectivity index (χ1n) is 5.31. The lowest BCUT2D eigenvalue weighted by Crippen LogP contribution is -2.28. The summed E-state index contributed by atoms with van der Waals surface area (Å²) in [5.74, 6) is 0.701. The van der Waals surface area contributed by atoms with Crippen LogP contribution in [0.15, 0.2) is 24.3 Å². The van der Waals surface area contributed by atoms with Crippen molar-refractivity contribution in [3.63, 3.8) is 0 Å². The van der Waals surface area contributed by atoms with Crippen molar-refractivity contribution in [3.8, 4) is 5.75 Å². The first kappa shape index (κ1) is 12.7. The zero-order valence-corrected chi connectivity index (χ0v) is 10.2. The molecule has 1 unspecified atom stereocenters. The summed E-state index contributed by atoms with van der Waals surface area (Å²) in [7, 11) is 3.11. The minimum atomic E-state index is -0.420. The predicted molar refractivity (Wildman–Crippen MR) is 63.0 cm³/mol. The van der Waals surface area contributed by atoms with Crippen LogP contribution in [0.5, 0.6) is 5.75 Å². The van der Waals surface area contributed by atoms with E-state index in [9.17, 15) is 4.79 Å². The minimum absolute atomic E-state index is 0.0325. The smallest absolute Gasteiger partial charge is 0.195 e. The van der Waals surface area contributed by atoms with Gasteiger partial charge in [-0.25, -0.2) is 0 Å². The van der Waals surface area contributed by atoms with E-state index in [1.165, 1.54) is 0 Å². The Balaban J connectivity index is 3.03. The highest BCUT2D eigenvalue weighted by atomic mass is 16.5. The van der Waals surface area contributed by atoms with Gasteiger partial charge in [0.15, 0.2) is 5.78 Å². The molecule has 0 aliphatic rings. The van der Waals surface area contributed by atoms with Gasteiger partial charge in [-0.05, 0) is 18.1 Å². The van der Waals surface area contributed by atoms with Crippen LogP contribution >= 0.6 is 0 Å². The molecule has 3 heteroatoms. The maximum atomic E-state index is 12.2. The molecule has 0 heterocycles. The number of methoxy groups -OCH3 is 2. The van der Waals surface area contributed by atoms with Crippen molar-refractivity contribution in [3.05, 3.63) is 29.8 Å². The largest absolute Gasteiger partial charge is 0.496 e. The molecule has 16 heavy (non-hydrogen) atoms. The van der Waals surface area contributed by atoms with Gasteiger partial charge in [0.05, 0.1) is 12.7 Å². The summed E-state index contributed by atoms with van der Waals surface area (Å²) in [6.45, 7) is 3.92. The van der Waals surface area contributed by atoms with Crippen molar-refractivity contribution in [1.29, 1.82) is 0 Å². The fourth-order valence-corrected chi connectivity index (χ4v) is 1.68. The number of ketones is 1. The molecule has 0 aliphatic carbocycles. The molecule has 0 aliphatic heterocycles. The summed E-state index contributed by atoms with van der Waals surface area (Å²) in [5.41, 5.74) is 0.575. The molecule has 1 atom stereocenters. The topological polar surface area (TPSA) is 35.5 Å². The monoisotopic (exact) mass is 222 g/mol. The standard InChI is InChI=1S/C13H18O3/c1-9(2)13(16-4)12(14)10-7-5-6-8-11(10)15-3/h5-9,13H,1-4H3. The SMILES string of the molecule is COc1ccccc1C(=O)C(OC)C(C)C. The lowest BCUT2D eigenvalue weighted by atomic mass is 9.97. The number of ether oxygens (including phenoxy) is 2. The summed E-state index contributed by atoms with van der Waals surface area (Å²) in [4.78, 5) is 12.2. The molecule has 0 radical (unpaired) electrons. The molecule has 0 spiro atoms. The summed E-state index contributed by atoms with van der Waals surface area (Å²) < 4.78 is 10.4. The van der Waals surface area contributed by atoms with Crippen LogP contribution < -0.4 is 4.74 Å². The van der Waals surface area contributed by atoms with Gasteiger partial charge in [-0.3, -0.25) is 4.79 Å². The fourth-order valence-electron chi connectivity index (χ4n) is 1.68. The molecule has 0 amide bonds. The Morgan fingerprint density at radius 2 is 1.81 bits per heavy atom. The summed E-state index contributed by atoms with van der Waals surface area (Å²) >= 11 is 0. The molecule has 1 rings (SSSR count). The Morgan fingerprint density at radius 3 is 2.31 bits per heavy atom. The Bertz CT molecular complexity index is 358. The van der Waals surface area contributed by atoms with Crippen LogP contribution in [-0.4, -0.2) is 26.1 Å². The number of para-hydroxylation sites is 1. The Hall–Kier alpha value is -1.35. The second kappa shape index (κ2) is 5.66.